The number of para-hydroxylation sites is 1. The van der Waals surface area contributed by atoms with Gasteiger partial charge in [-0.3, -0.25) is 0 Å². The van der Waals surface area contributed by atoms with Gasteiger partial charge < -0.3 is 15.7 Å². The van der Waals surface area contributed by atoms with Crippen LogP contribution in [-0.2, 0) is 6.42 Å². The van der Waals surface area contributed by atoms with Crippen LogP contribution in [-0.4, -0.2) is 29.8 Å². The van der Waals surface area contributed by atoms with E-state index < -0.39 is 5.60 Å². The van der Waals surface area contributed by atoms with Crippen molar-refractivity contribution >= 4 is 5.69 Å². The van der Waals surface area contributed by atoms with Crippen LogP contribution < -0.4 is 10.6 Å². The Hall–Kier alpha value is -1.06. The van der Waals surface area contributed by atoms with Crippen LogP contribution in [0.5, 0.6) is 0 Å². The lowest BCUT2D eigenvalue weighted by atomic mass is 9.90. The number of anilines is 1. The van der Waals surface area contributed by atoms with Crippen LogP contribution in [0, 0.1) is 0 Å². The summed E-state index contributed by atoms with van der Waals surface area (Å²) in [6.07, 6.45) is 2.82. The van der Waals surface area contributed by atoms with Crippen molar-refractivity contribution in [2.45, 2.75) is 44.8 Å². The molecule has 0 fully saturated rings. The standard InChI is InChI=1S/C15H24N2O/c1-3-9-16-10-8-15(2,18)14-11-12-6-4-5-7-13(12)17-14/h4-7,14,16-18H,3,8-11H2,1-2H3. The van der Waals surface area contributed by atoms with E-state index in [-0.39, 0.29) is 6.04 Å². The number of rotatable bonds is 6. The lowest BCUT2D eigenvalue weighted by Crippen LogP contribution is -2.45. The average molecular weight is 248 g/mol. The van der Waals surface area contributed by atoms with Gasteiger partial charge in [-0.25, -0.2) is 0 Å². The molecule has 0 bridgehead atoms. The minimum Gasteiger partial charge on any atom is -0.388 e. The van der Waals surface area contributed by atoms with E-state index in [0.717, 1.165) is 32.4 Å². The smallest absolute Gasteiger partial charge is 0.0835 e. The van der Waals surface area contributed by atoms with Crippen molar-refractivity contribution in [2.75, 3.05) is 18.4 Å². The first kappa shape index (κ1) is 13.4. The second kappa shape index (κ2) is 5.72. The van der Waals surface area contributed by atoms with E-state index in [9.17, 15) is 5.11 Å². The molecule has 0 amide bonds. The topological polar surface area (TPSA) is 44.3 Å². The highest BCUT2D eigenvalue weighted by Gasteiger charge is 2.35. The third-order valence-corrected chi connectivity index (χ3v) is 3.76. The molecule has 1 aliphatic rings. The molecule has 0 saturated carbocycles. The highest BCUT2D eigenvalue weighted by atomic mass is 16.3. The number of nitrogens with one attached hydrogen (secondary N) is 2. The van der Waals surface area contributed by atoms with E-state index >= 15 is 0 Å². The van der Waals surface area contributed by atoms with Crippen molar-refractivity contribution in [1.29, 1.82) is 0 Å². The van der Waals surface area contributed by atoms with Gasteiger partial charge in [-0.15, -0.1) is 0 Å². The zero-order chi connectivity index (χ0) is 13.0. The predicted octanol–water partition coefficient (Wildman–Crippen LogP) is 2.16. The van der Waals surface area contributed by atoms with Crippen LogP contribution in [0.2, 0.25) is 0 Å². The first-order chi connectivity index (χ1) is 8.63. The van der Waals surface area contributed by atoms with E-state index in [1.54, 1.807) is 0 Å². The summed E-state index contributed by atoms with van der Waals surface area (Å²) in [5.74, 6) is 0. The van der Waals surface area contributed by atoms with Crippen LogP contribution in [0.3, 0.4) is 0 Å². The Labute approximate surface area is 110 Å². The number of hydrogen-bond donors (Lipinski definition) is 3. The fourth-order valence-electron chi connectivity index (χ4n) is 2.49. The Morgan fingerprint density at radius 2 is 2.17 bits per heavy atom. The third kappa shape index (κ3) is 3.03. The lowest BCUT2D eigenvalue weighted by molar-refractivity contribution is 0.0333. The summed E-state index contributed by atoms with van der Waals surface area (Å²) < 4.78 is 0. The number of fused-ring (bicyclic) bond motifs is 1. The van der Waals surface area contributed by atoms with Crippen LogP contribution in [0.25, 0.3) is 0 Å². The second-order valence-electron chi connectivity index (χ2n) is 5.42. The lowest BCUT2D eigenvalue weighted by Gasteiger charge is -2.30. The Bertz CT molecular complexity index is 365. The van der Waals surface area contributed by atoms with Crippen molar-refractivity contribution in [3.8, 4) is 0 Å². The van der Waals surface area contributed by atoms with Gasteiger partial charge in [0, 0.05) is 5.69 Å². The van der Waals surface area contributed by atoms with Gasteiger partial charge in [0.1, 0.15) is 0 Å². The molecular formula is C15H24N2O. The maximum Gasteiger partial charge on any atom is 0.0835 e. The SMILES string of the molecule is CCCNCCC(C)(O)C1Cc2ccccc2N1. The van der Waals surface area contributed by atoms with Crippen LogP contribution >= 0.6 is 0 Å². The Kier molecular flexibility index (Phi) is 4.25. The van der Waals surface area contributed by atoms with Crippen LogP contribution in [0.1, 0.15) is 32.3 Å². The molecule has 0 aromatic heterocycles. The Morgan fingerprint density at radius 1 is 1.39 bits per heavy atom. The number of aliphatic hydroxyl groups is 1. The van der Waals surface area contributed by atoms with Gasteiger partial charge in [0.25, 0.3) is 0 Å². The molecule has 1 aromatic carbocycles. The summed E-state index contributed by atoms with van der Waals surface area (Å²) in [7, 11) is 0. The molecule has 100 valence electrons. The van der Waals surface area contributed by atoms with Crippen LogP contribution in [0.4, 0.5) is 5.69 Å². The van der Waals surface area contributed by atoms with E-state index in [1.807, 2.05) is 13.0 Å². The molecule has 3 nitrogen and oxygen atoms in total. The minimum absolute atomic E-state index is 0.123. The largest absolute Gasteiger partial charge is 0.388 e. The number of benzene rings is 1. The van der Waals surface area contributed by atoms with E-state index in [1.165, 1.54) is 11.3 Å². The average Bonchev–Trinajstić information content (AvgIpc) is 2.79. The van der Waals surface area contributed by atoms with Crippen molar-refractivity contribution < 1.29 is 5.11 Å². The summed E-state index contributed by atoms with van der Waals surface area (Å²) >= 11 is 0. The van der Waals surface area contributed by atoms with Gasteiger partial charge in [-0.1, -0.05) is 25.1 Å². The quantitative estimate of drug-likeness (QED) is 0.676. The first-order valence-electron chi connectivity index (χ1n) is 6.91. The highest BCUT2D eigenvalue weighted by Crippen LogP contribution is 2.31. The van der Waals surface area contributed by atoms with Gasteiger partial charge in [-0.05, 0) is 50.9 Å². The molecule has 1 heterocycles. The number of hydrogen-bond acceptors (Lipinski definition) is 3. The van der Waals surface area contributed by atoms with E-state index in [0.29, 0.717) is 0 Å². The summed E-state index contributed by atoms with van der Waals surface area (Å²) in [6, 6.07) is 8.43. The third-order valence-electron chi connectivity index (χ3n) is 3.76. The molecule has 2 unspecified atom stereocenters. The van der Waals surface area contributed by atoms with Gasteiger partial charge >= 0.3 is 0 Å². The predicted molar refractivity (Wildman–Crippen MR) is 76.0 cm³/mol. The molecular weight excluding hydrogens is 224 g/mol. The summed E-state index contributed by atoms with van der Waals surface area (Å²) in [5, 5.41) is 17.4. The van der Waals surface area contributed by atoms with E-state index in [4.69, 9.17) is 0 Å². The zero-order valence-corrected chi connectivity index (χ0v) is 11.4. The molecule has 0 radical (unpaired) electrons. The molecule has 2 rings (SSSR count). The maximum absolute atomic E-state index is 10.6. The fraction of sp³-hybridized carbons (Fsp3) is 0.600. The molecule has 1 aromatic rings. The molecule has 18 heavy (non-hydrogen) atoms. The first-order valence-corrected chi connectivity index (χ1v) is 6.91. The molecule has 2 atom stereocenters. The summed E-state index contributed by atoms with van der Waals surface area (Å²) in [4.78, 5) is 0. The van der Waals surface area contributed by atoms with E-state index in [2.05, 4.69) is 35.8 Å². The van der Waals surface area contributed by atoms with Crippen molar-refractivity contribution in [3.05, 3.63) is 29.8 Å². The Balaban J connectivity index is 1.89. The van der Waals surface area contributed by atoms with Gasteiger partial charge in [0.15, 0.2) is 0 Å². The van der Waals surface area contributed by atoms with Gasteiger partial charge in [0.05, 0.1) is 11.6 Å². The van der Waals surface area contributed by atoms with Crippen molar-refractivity contribution in [3.63, 3.8) is 0 Å². The highest BCUT2D eigenvalue weighted by molar-refractivity contribution is 5.57. The Morgan fingerprint density at radius 3 is 2.89 bits per heavy atom. The molecule has 1 aliphatic heterocycles. The zero-order valence-electron chi connectivity index (χ0n) is 11.4. The maximum atomic E-state index is 10.6. The molecule has 3 heteroatoms. The van der Waals surface area contributed by atoms with Crippen molar-refractivity contribution in [2.24, 2.45) is 0 Å². The molecule has 0 aliphatic carbocycles. The van der Waals surface area contributed by atoms with Crippen LogP contribution in [0.15, 0.2) is 24.3 Å². The fourth-order valence-corrected chi connectivity index (χ4v) is 2.49. The molecule has 3 N–H and O–H groups in total. The monoisotopic (exact) mass is 248 g/mol. The second-order valence-corrected chi connectivity index (χ2v) is 5.42. The summed E-state index contributed by atoms with van der Waals surface area (Å²) in [5.41, 5.74) is 1.81. The summed E-state index contributed by atoms with van der Waals surface area (Å²) in [6.45, 7) is 5.98. The van der Waals surface area contributed by atoms with Crippen molar-refractivity contribution in [1.82, 2.24) is 5.32 Å². The normalized spacial score (nSPS) is 21.2. The minimum atomic E-state index is -0.667. The molecule has 0 spiro atoms. The van der Waals surface area contributed by atoms with Gasteiger partial charge in [-0.2, -0.15) is 0 Å². The molecule has 0 saturated heterocycles. The van der Waals surface area contributed by atoms with Gasteiger partial charge in [0.2, 0.25) is 0 Å².